The van der Waals surface area contributed by atoms with Gasteiger partial charge in [0.05, 0.1) is 12.0 Å². The van der Waals surface area contributed by atoms with Crippen LogP contribution in [0.1, 0.15) is 50.2 Å². The van der Waals surface area contributed by atoms with Crippen molar-refractivity contribution in [2.75, 3.05) is 11.9 Å². The lowest BCUT2D eigenvalue weighted by Gasteiger charge is -2.36. The average molecular weight is 337 g/mol. The Kier molecular flexibility index (Phi) is 5.42. The minimum absolute atomic E-state index is 0.113. The number of carbonyl (C=O) groups is 1. The van der Waals surface area contributed by atoms with Gasteiger partial charge >= 0.3 is 0 Å². The lowest BCUT2D eigenvalue weighted by molar-refractivity contribution is -0.122. The zero-order chi connectivity index (χ0) is 17.7. The van der Waals surface area contributed by atoms with E-state index in [9.17, 15) is 4.79 Å². The summed E-state index contributed by atoms with van der Waals surface area (Å²) in [7, 11) is 0. The van der Waals surface area contributed by atoms with Gasteiger partial charge in [-0.1, -0.05) is 49.1 Å². The number of hydrogen-bond acceptors (Lipinski definition) is 2. The van der Waals surface area contributed by atoms with E-state index in [1.165, 1.54) is 12.0 Å². The molecule has 1 amide bonds. The van der Waals surface area contributed by atoms with E-state index < -0.39 is 5.41 Å². The Labute approximate surface area is 150 Å². The third kappa shape index (κ3) is 3.87. The molecule has 0 aliphatic heterocycles. The normalized spacial score (nSPS) is 16.2. The van der Waals surface area contributed by atoms with Crippen molar-refractivity contribution in [3.63, 3.8) is 0 Å². The summed E-state index contributed by atoms with van der Waals surface area (Å²) in [6.07, 6.45) is 5.25. The maximum atomic E-state index is 13.3. The molecule has 1 aliphatic carbocycles. The molecule has 3 rings (SSSR count). The van der Waals surface area contributed by atoms with E-state index in [2.05, 4.69) is 36.5 Å². The molecule has 0 unspecified atom stereocenters. The quantitative estimate of drug-likeness (QED) is 0.811. The van der Waals surface area contributed by atoms with Gasteiger partial charge in [0.1, 0.15) is 5.75 Å². The number of anilines is 1. The van der Waals surface area contributed by atoms with Crippen molar-refractivity contribution in [2.45, 2.75) is 51.4 Å². The Bertz CT molecular complexity index is 715. The van der Waals surface area contributed by atoms with Gasteiger partial charge in [0, 0.05) is 5.69 Å². The summed E-state index contributed by atoms with van der Waals surface area (Å²) >= 11 is 0. The van der Waals surface area contributed by atoms with E-state index in [1.54, 1.807) is 0 Å². The van der Waals surface area contributed by atoms with E-state index in [0.717, 1.165) is 42.7 Å². The van der Waals surface area contributed by atoms with Crippen LogP contribution in [0.2, 0.25) is 0 Å². The third-order valence-electron chi connectivity index (χ3n) is 5.14. The second-order valence-electron chi connectivity index (χ2n) is 6.92. The molecule has 1 aliphatic rings. The first-order chi connectivity index (χ1) is 12.1. The summed E-state index contributed by atoms with van der Waals surface area (Å²) in [6, 6.07) is 16.1. The maximum Gasteiger partial charge on any atom is 0.235 e. The molecule has 0 spiro atoms. The largest absolute Gasteiger partial charge is 0.494 e. The standard InChI is InChI=1S/C22H27NO2/c1-3-25-20-12-10-19(11-13-20)23-21(24)22(14-5-4-6-15-22)18-9-7-8-17(2)16-18/h7-13,16H,3-6,14-15H2,1-2H3,(H,23,24). The fourth-order valence-electron chi connectivity index (χ4n) is 3.80. The fourth-order valence-corrected chi connectivity index (χ4v) is 3.80. The van der Waals surface area contributed by atoms with Gasteiger partial charge in [-0.15, -0.1) is 0 Å². The Morgan fingerprint density at radius 1 is 1.08 bits per heavy atom. The van der Waals surface area contributed by atoms with Gasteiger partial charge in [-0.3, -0.25) is 4.79 Å². The molecule has 1 saturated carbocycles. The second-order valence-corrected chi connectivity index (χ2v) is 6.92. The van der Waals surface area contributed by atoms with Crippen LogP contribution in [0.4, 0.5) is 5.69 Å². The molecular weight excluding hydrogens is 310 g/mol. The molecule has 0 radical (unpaired) electrons. The lowest BCUT2D eigenvalue weighted by Crippen LogP contribution is -2.42. The van der Waals surface area contributed by atoms with Crippen molar-refractivity contribution in [1.29, 1.82) is 0 Å². The van der Waals surface area contributed by atoms with Crippen LogP contribution >= 0.6 is 0 Å². The predicted octanol–water partition coefficient (Wildman–Crippen LogP) is 5.23. The Morgan fingerprint density at radius 3 is 2.44 bits per heavy atom. The number of amides is 1. The number of hydrogen-bond donors (Lipinski definition) is 1. The van der Waals surface area contributed by atoms with Crippen molar-refractivity contribution in [1.82, 2.24) is 0 Å². The van der Waals surface area contributed by atoms with Crippen LogP contribution in [0.5, 0.6) is 5.75 Å². The first-order valence-corrected chi connectivity index (χ1v) is 9.25. The average Bonchev–Trinajstić information content (AvgIpc) is 2.64. The first-order valence-electron chi connectivity index (χ1n) is 9.25. The molecule has 0 aromatic heterocycles. The summed E-state index contributed by atoms with van der Waals surface area (Å²) in [5.74, 6) is 0.938. The van der Waals surface area contributed by atoms with Gasteiger partial charge in [0.15, 0.2) is 0 Å². The lowest BCUT2D eigenvalue weighted by atomic mass is 9.68. The Balaban J connectivity index is 1.84. The number of carbonyl (C=O) groups excluding carboxylic acids is 1. The molecule has 3 nitrogen and oxygen atoms in total. The van der Waals surface area contributed by atoms with E-state index >= 15 is 0 Å². The molecule has 0 saturated heterocycles. The molecule has 1 N–H and O–H groups in total. The molecule has 0 heterocycles. The van der Waals surface area contributed by atoms with Gasteiger partial charge in [-0.25, -0.2) is 0 Å². The highest BCUT2D eigenvalue weighted by atomic mass is 16.5. The van der Waals surface area contributed by atoms with Gasteiger partial charge in [-0.2, -0.15) is 0 Å². The Hall–Kier alpha value is -2.29. The van der Waals surface area contributed by atoms with Crippen LogP contribution in [-0.4, -0.2) is 12.5 Å². The van der Waals surface area contributed by atoms with E-state index in [1.807, 2.05) is 31.2 Å². The summed E-state index contributed by atoms with van der Waals surface area (Å²) < 4.78 is 5.47. The number of rotatable bonds is 5. The SMILES string of the molecule is CCOc1ccc(NC(=O)C2(c3cccc(C)c3)CCCCC2)cc1. The summed E-state index contributed by atoms with van der Waals surface area (Å²) in [5.41, 5.74) is 2.76. The summed E-state index contributed by atoms with van der Waals surface area (Å²) in [4.78, 5) is 13.3. The molecular formula is C22H27NO2. The van der Waals surface area contributed by atoms with Gasteiger partial charge in [0.2, 0.25) is 5.91 Å². The van der Waals surface area contributed by atoms with Crippen LogP contribution in [0.3, 0.4) is 0 Å². The van der Waals surface area contributed by atoms with Crippen molar-refractivity contribution >= 4 is 11.6 Å². The van der Waals surface area contributed by atoms with E-state index in [4.69, 9.17) is 4.74 Å². The predicted molar refractivity (Wildman–Crippen MR) is 102 cm³/mol. The summed E-state index contributed by atoms with van der Waals surface area (Å²) in [5, 5.41) is 3.15. The molecule has 1 fully saturated rings. The van der Waals surface area contributed by atoms with Crippen molar-refractivity contribution in [2.24, 2.45) is 0 Å². The molecule has 3 heteroatoms. The van der Waals surface area contributed by atoms with Gasteiger partial charge < -0.3 is 10.1 Å². The van der Waals surface area contributed by atoms with Crippen LogP contribution in [0.25, 0.3) is 0 Å². The number of benzene rings is 2. The highest BCUT2D eigenvalue weighted by Gasteiger charge is 2.41. The number of ether oxygens (including phenoxy) is 1. The number of aryl methyl sites for hydroxylation is 1. The van der Waals surface area contributed by atoms with Crippen molar-refractivity contribution in [3.05, 3.63) is 59.7 Å². The van der Waals surface area contributed by atoms with Gasteiger partial charge in [0.25, 0.3) is 0 Å². The minimum Gasteiger partial charge on any atom is -0.494 e. The zero-order valence-electron chi connectivity index (χ0n) is 15.2. The molecule has 132 valence electrons. The Morgan fingerprint density at radius 2 is 1.80 bits per heavy atom. The molecule has 0 bridgehead atoms. The first kappa shape index (κ1) is 17.5. The second kappa shape index (κ2) is 7.73. The summed E-state index contributed by atoms with van der Waals surface area (Å²) in [6.45, 7) is 4.69. The van der Waals surface area contributed by atoms with Crippen LogP contribution in [-0.2, 0) is 10.2 Å². The molecule has 2 aromatic rings. The fraction of sp³-hybridized carbons (Fsp3) is 0.409. The van der Waals surface area contributed by atoms with Crippen molar-refractivity contribution < 1.29 is 9.53 Å². The number of nitrogens with one attached hydrogen (secondary N) is 1. The highest BCUT2D eigenvalue weighted by Crippen LogP contribution is 2.40. The maximum absolute atomic E-state index is 13.3. The van der Waals surface area contributed by atoms with Crippen molar-refractivity contribution in [3.8, 4) is 5.75 Å². The van der Waals surface area contributed by atoms with Crippen LogP contribution in [0, 0.1) is 6.92 Å². The van der Waals surface area contributed by atoms with Gasteiger partial charge in [-0.05, 0) is 56.5 Å². The third-order valence-corrected chi connectivity index (χ3v) is 5.14. The van der Waals surface area contributed by atoms with E-state index in [-0.39, 0.29) is 5.91 Å². The van der Waals surface area contributed by atoms with E-state index in [0.29, 0.717) is 6.61 Å². The topological polar surface area (TPSA) is 38.3 Å². The highest BCUT2D eigenvalue weighted by molar-refractivity contribution is 5.99. The van der Waals surface area contributed by atoms with Crippen LogP contribution in [0.15, 0.2) is 48.5 Å². The molecule has 25 heavy (non-hydrogen) atoms. The molecule has 2 aromatic carbocycles. The van der Waals surface area contributed by atoms with Crippen LogP contribution < -0.4 is 10.1 Å². The zero-order valence-corrected chi connectivity index (χ0v) is 15.2. The smallest absolute Gasteiger partial charge is 0.235 e. The molecule has 0 atom stereocenters. The minimum atomic E-state index is -0.414. The monoisotopic (exact) mass is 337 g/mol.